The van der Waals surface area contributed by atoms with Gasteiger partial charge in [0.1, 0.15) is 4.90 Å². The molecule has 0 spiro atoms. The highest BCUT2D eigenvalue weighted by Gasteiger charge is 2.17. The van der Waals surface area contributed by atoms with Crippen molar-refractivity contribution in [2.75, 3.05) is 18.9 Å². The van der Waals surface area contributed by atoms with E-state index in [9.17, 15) is 8.42 Å². The van der Waals surface area contributed by atoms with Crippen LogP contribution in [0, 0.1) is 0 Å². The summed E-state index contributed by atoms with van der Waals surface area (Å²) in [5.74, 6) is 0. The van der Waals surface area contributed by atoms with Crippen molar-refractivity contribution in [3.8, 4) is 0 Å². The molecule has 0 aliphatic rings. The largest absolute Gasteiger partial charge is 0.387 e. The van der Waals surface area contributed by atoms with Gasteiger partial charge in [0.25, 0.3) is 0 Å². The number of pyridine rings is 1. The fraction of sp³-hybridized carbons (Fsp3) is 0.333. The molecular formula is C12H17N5O2S. The molecule has 8 heteroatoms. The Morgan fingerprint density at radius 1 is 1.30 bits per heavy atom. The fourth-order valence-corrected chi connectivity index (χ4v) is 3.02. The smallest absolute Gasteiger partial charge is 0.244 e. The lowest BCUT2D eigenvalue weighted by Gasteiger charge is -2.10. The lowest BCUT2D eigenvalue weighted by Crippen LogP contribution is -2.27. The Bertz CT molecular complexity index is 681. The van der Waals surface area contributed by atoms with Crippen molar-refractivity contribution in [2.24, 2.45) is 7.05 Å². The molecular weight excluding hydrogens is 278 g/mol. The molecule has 2 rings (SSSR count). The van der Waals surface area contributed by atoms with E-state index in [0.29, 0.717) is 18.7 Å². The van der Waals surface area contributed by atoms with Gasteiger partial charge in [0.05, 0.1) is 5.69 Å². The summed E-state index contributed by atoms with van der Waals surface area (Å²) in [5.41, 5.74) is 1.49. The van der Waals surface area contributed by atoms with Gasteiger partial charge in [0.15, 0.2) is 0 Å². The molecule has 0 saturated heterocycles. The molecule has 0 bridgehead atoms. The van der Waals surface area contributed by atoms with Gasteiger partial charge >= 0.3 is 0 Å². The molecule has 0 aliphatic carbocycles. The molecule has 0 amide bonds. The molecule has 108 valence electrons. The van der Waals surface area contributed by atoms with E-state index in [1.165, 1.54) is 6.20 Å². The van der Waals surface area contributed by atoms with Crippen LogP contribution in [0.5, 0.6) is 0 Å². The Morgan fingerprint density at radius 3 is 2.75 bits per heavy atom. The number of anilines is 1. The van der Waals surface area contributed by atoms with Crippen molar-refractivity contribution in [1.29, 1.82) is 0 Å². The molecule has 0 atom stereocenters. The van der Waals surface area contributed by atoms with Crippen molar-refractivity contribution in [1.82, 2.24) is 19.5 Å². The highest BCUT2D eigenvalue weighted by atomic mass is 32.2. The van der Waals surface area contributed by atoms with Gasteiger partial charge in [0, 0.05) is 51.3 Å². The minimum Gasteiger partial charge on any atom is -0.387 e. The predicted molar refractivity (Wildman–Crippen MR) is 75.9 cm³/mol. The predicted octanol–water partition coefficient (Wildman–Crippen LogP) is 0.378. The maximum atomic E-state index is 12.2. The molecule has 0 saturated carbocycles. The lowest BCUT2D eigenvalue weighted by molar-refractivity contribution is 0.579. The highest BCUT2D eigenvalue weighted by Crippen LogP contribution is 2.18. The van der Waals surface area contributed by atoms with E-state index in [1.807, 2.05) is 13.1 Å². The normalized spacial score (nSPS) is 11.5. The van der Waals surface area contributed by atoms with Crippen molar-refractivity contribution in [3.05, 3.63) is 36.4 Å². The average molecular weight is 295 g/mol. The van der Waals surface area contributed by atoms with Crippen LogP contribution in [0.15, 0.2) is 35.6 Å². The van der Waals surface area contributed by atoms with Gasteiger partial charge in [-0.25, -0.2) is 13.1 Å². The summed E-state index contributed by atoms with van der Waals surface area (Å²) in [4.78, 5) is 4.00. The summed E-state index contributed by atoms with van der Waals surface area (Å²) < 4.78 is 28.7. The topological polar surface area (TPSA) is 88.9 Å². The van der Waals surface area contributed by atoms with Gasteiger partial charge in [-0.2, -0.15) is 5.10 Å². The zero-order valence-corrected chi connectivity index (χ0v) is 12.2. The van der Waals surface area contributed by atoms with Crippen LogP contribution in [-0.2, 0) is 23.5 Å². The summed E-state index contributed by atoms with van der Waals surface area (Å²) in [6.45, 7) is 0.305. The average Bonchev–Trinajstić information content (AvgIpc) is 2.84. The summed E-state index contributed by atoms with van der Waals surface area (Å²) in [6.07, 6.45) is 5.13. The molecule has 2 aromatic rings. The number of hydrogen-bond acceptors (Lipinski definition) is 5. The molecule has 0 aromatic carbocycles. The van der Waals surface area contributed by atoms with Gasteiger partial charge in [-0.15, -0.1) is 0 Å². The molecule has 2 heterocycles. The minimum atomic E-state index is -3.57. The second kappa shape index (κ2) is 6.02. The Balaban J connectivity index is 2.06. The SMILES string of the molecule is CNc1ccncc1S(=O)(=O)NCCc1ccnn1C. The van der Waals surface area contributed by atoms with Gasteiger partial charge < -0.3 is 5.32 Å². The van der Waals surface area contributed by atoms with E-state index in [-0.39, 0.29) is 4.90 Å². The number of aromatic nitrogens is 3. The molecule has 2 aromatic heterocycles. The number of rotatable bonds is 6. The van der Waals surface area contributed by atoms with E-state index >= 15 is 0 Å². The van der Waals surface area contributed by atoms with E-state index in [2.05, 4.69) is 20.1 Å². The number of nitrogens with zero attached hydrogens (tertiary/aromatic N) is 3. The van der Waals surface area contributed by atoms with Crippen LogP contribution in [0.2, 0.25) is 0 Å². The summed E-state index contributed by atoms with van der Waals surface area (Å²) >= 11 is 0. The maximum Gasteiger partial charge on any atom is 0.244 e. The van der Waals surface area contributed by atoms with Crippen LogP contribution in [0.3, 0.4) is 0 Å². The van der Waals surface area contributed by atoms with Crippen molar-refractivity contribution >= 4 is 15.7 Å². The molecule has 0 fully saturated rings. The quantitative estimate of drug-likeness (QED) is 0.804. The Kier molecular flexibility index (Phi) is 4.35. The van der Waals surface area contributed by atoms with E-state index in [4.69, 9.17) is 0 Å². The number of hydrogen-bond donors (Lipinski definition) is 2. The van der Waals surface area contributed by atoms with E-state index < -0.39 is 10.0 Å². The molecule has 2 N–H and O–H groups in total. The molecule has 0 unspecified atom stereocenters. The number of sulfonamides is 1. The van der Waals surface area contributed by atoms with Crippen LogP contribution in [0.25, 0.3) is 0 Å². The number of aryl methyl sites for hydroxylation is 1. The van der Waals surface area contributed by atoms with Crippen LogP contribution in [0.1, 0.15) is 5.69 Å². The maximum absolute atomic E-state index is 12.2. The Labute approximate surface area is 118 Å². The first-order chi connectivity index (χ1) is 9.54. The second-order valence-electron chi connectivity index (χ2n) is 4.22. The molecule has 20 heavy (non-hydrogen) atoms. The third-order valence-corrected chi connectivity index (χ3v) is 4.43. The Morgan fingerprint density at radius 2 is 2.10 bits per heavy atom. The van der Waals surface area contributed by atoms with Crippen LogP contribution in [-0.4, -0.2) is 36.8 Å². The summed E-state index contributed by atoms with van der Waals surface area (Å²) in [5, 5.41) is 6.88. The van der Waals surface area contributed by atoms with Crippen molar-refractivity contribution < 1.29 is 8.42 Å². The van der Waals surface area contributed by atoms with Crippen LogP contribution < -0.4 is 10.0 Å². The third kappa shape index (κ3) is 3.14. The van der Waals surface area contributed by atoms with Crippen LogP contribution >= 0.6 is 0 Å². The van der Waals surface area contributed by atoms with Gasteiger partial charge in [-0.3, -0.25) is 9.67 Å². The van der Waals surface area contributed by atoms with E-state index in [1.54, 1.807) is 30.2 Å². The van der Waals surface area contributed by atoms with Crippen LogP contribution in [0.4, 0.5) is 5.69 Å². The monoisotopic (exact) mass is 295 g/mol. The first-order valence-corrected chi connectivity index (χ1v) is 7.61. The van der Waals surface area contributed by atoms with E-state index in [0.717, 1.165) is 5.69 Å². The van der Waals surface area contributed by atoms with Crippen molar-refractivity contribution in [3.63, 3.8) is 0 Å². The molecule has 7 nitrogen and oxygen atoms in total. The fourth-order valence-electron chi connectivity index (χ4n) is 1.84. The summed E-state index contributed by atoms with van der Waals surface area (Å²) in [7, 11) is -0.0797. The minimum absolute atomic E-state index is 0.146. The van der Waals surface area contributed by atoms with Gasteiger partial charge in [0.2, 0.25) is 10.0 Å². The molecule has 0 radical (unpaired) electrons. The zero-order valence-electron chi connectivity index (χ0n) is 11.4. The van der Waals surface area contributed by atoms with Gasteiger partial charge in [-0.05, 0) is 12.1 Å². The number of nitrogens with one attached hydrogen (secondary N) is 2. The third-order valence-electron chi connectivity index (χ3n) is 2.94. The summed E-state index contributed by atoms with van der Waals surface area (Å²) in [6, 6.07) is 3.48. The highest BCUT2D eigenvalue weighted by molar-refractivity contribution is 7.89. The van der Waals surface area contributed by atoms with Crippen molar-refractivity contribution in [2.45, 2.75) is 11.3 Å². The standard InChI is InChI=1S/C12H17N5O2S/c1-13-11-5-6-14-9-12(11)20(18,19)16-8-4-10-3-7-15-17(10)2/h3,5-7,9,16H,4,8H2,1-2H3,(H,13,14). The zero-order chi connectivity index (χ0) is 14.6. The van der Waals surface area contributed by atoms with Gasteiger partial charge in [-0.1, -0.05) is 0 Å². The second-order valence-corrected chi connectivity index (χ2v) is 5.95. The first kappa shape index (κ1) is 14.5. The lowest BCUT2D eigenvalue weighted by atomic mass is 10.3. The Hall–Kier alpha value is -1.93. The molecule has 0 aliphatic heterocycles. The first-order valence-electron chi connectivity index (χ1n) is 6.13.